The van der Waals surface area contributed by atoms with E-state index in [1.165, 1.54) is 0 Å². The van der Waals surface area contributed by atoms with E-state index in [0.29, 0.717) is 23.7 Å². The van der Waals surface area contributed by atoms with E-state index >= 15 is 0 Å². The van der Waals surface area contributed by atoms with E-state index in [2.05, 4.69) is 5.16 Å². The molecule has 0 saturated carbocycles. The number of sulfone groups is 1. The van der Waals surface area contributed by atoms with E-state index in [9.17, 15) is 8.42 Å². The van der Waals surface area contributed by atoms with Gasteiger partial charge in [-0.1, -0.05) is 12.1 Å². The summed E-state index contributed by atoms with van der Waals surface area (Å²) >= 11 is 0. The highest BCUT2D eigenvalue weighted by Crippen LogP contribution is 2.28. The molecule has 0 aliphatic heterocycles. The second kappa shape index (κ2) is 7.72. The monoisotopic (exact) mass is 316 g/mol. The van der Waals surface area contributed by atoms with Crippen molar-refractivity contribution in [1.29, 1.82) is 0 Å². The zero-order valence-corrected chi connectivity index (χ0v) is 12.9. The van der Waals surface area contributed by atoms with E-state index in [0.717, 1.165) is 0 Å². The average Bonchev–Trinajstić information content (AvgIpc) is 2.48. The number of hydrogen-bond acceptors (Lipinski definition) is 6. The summed E-state index contributed by atoms with van der Waals surface area (Å²) in [6, 6.07) is 4.76. The molecule has 1 rings (SSSR count). The Morgan fingerprint density at radius 1 is 1.29 bits per heavy atom. The van der Waals surface area contributed by atoms with Gasteiger partial charge in [0.25, 0.3) is 0 Å². The van der Waals surface area contributed by atoms with Crippen LogP contribution in [0.3, 0.4) is 0 Å². The van der Waals surface area contributed by atoms with Gasteiger partial charge in [-0.3, -0.25) is 0 Å². The highest BCUT2D eigenvalue weighted by molar-refractivity contribution is 7.91. The van der Waals surface area contributed by atoms with E-state index in [1.807, 2.05) is 6.92 Å². The van der Waals surface area contributed by atoms with Gasteiger partial charge in [-0.05, 0) is 25.1 Å². The average molecular weight is 316 g/mol. The van der Waals surface area contributed by atoms with Crippen LogP contribution in [0.4, 0.5) is 0 Å². The van der Waals surface area contributed by atoms with E-state index < -0.39 is 9.84 Å². The molecule has 21 heavy (non-hydrogen) atoms. The summed E-state index contributed by atoms with van der Waals surface area (Å²) in [5, 5.41) is 11.6. The summed E-state index contributed by atoms with van der Waals surface area (Å²) in [5.41, 5.74) is 5.99. The van der Waals surface area contributed by atoms with Crippen molar-refractivity contribution in [3.63, 3.8) is 0 Å². The van der Waals surface area contributed by atoms with Gasteiger partial charge >= 0.3 is 0 Å². The Kier molecular flexibility index (Phi) is 6.29. The highest BCUT2D eigenvalue weighted by Gasteiger charge is 2.11. The molecule has 118 valence electrons. The Morgan fingerprint density at radius 3 is 2.57 bits per heavy atom. The van der Waals surface area contributed by atoms with Crippen molar-refractivity contribution in [1.82, 2.24) is 0 Å². The molecule has 0 unspecified atom stereocenters. The van der Waals surface area contributed by atoms with Crippen LogP contribution in [0.15, 0.2) is 23.4 Å². The van der Waals surface area contributed by atoms with Gasteiger partial charge in [0.1, 0.15) is 6.61 Å². The SMILES string of the molecule is CCOc1cc(C(N)=NO)ccc1OCCS(=O)(=O)CC. The molecular weight excluding hydrogens is 296 g/mol. The number of ether oxygens (including phenoxy) is 2. The lowest BCUT2D eigenvalue weighted by atomic mass is 10.2. The van der Waals surface area contributed by atoms with Gasteiger partial charge in [0.15, 0.2) is 27.2 Å². The zero-order valence-electron chi connectivity index (χ0n) is 12.1. The molecule has 7 nitrogen and oxygen atoms in total. The lowest BCUT2D eigenvalue weighted by Crippen LogP contribution is -2.16. The second-order valence-corrected chi connectivity index (χ2v) is 6.64. The van der Waals surface area contributed by atoms with Crippen LogP contribution in [0.25, 0.3) is 0 Å². The first-order chi connectivity index (χ1) is 9.93. The number of benzene rings is 1. The number of nitrogens with zero attached hydrogens (tertiary/aromatic N) is 1. The van der Waals surface area contributed by atoms with Crippen molar-refractivity contribution < 1.29 is 23.1 Å². The first-order valence-corrected chi connectivity index (χ1v) is 8.33. The van der Waals surface area contributed by atoms with Crippen LogP contribution in [0.1, 0.15) is 19.4 Å². The van der Waals surface area contributed by atoms with Crippen LogP contribution in [-0.4, -0.2) is 44.2 Å². The summed E-state index contributed by atoms with van der Waals surface area (Å²) in [7, 11) is -3.08. The van der Waals surface area contributed by atoms with Gasteiger partial charge in [0, 0.05) is 11.3 Å². The van der Waals surface area contributed by atoms with Gasteiger partial charge in [-0.15, -0.1) is 0 Å². The topological polar surface area (TPSA) is 111 Å². The van der Waals surface area contributed by atoms with Gasteiger partial charge in [-0.2, -0.15) is 0 Å². The van der Waals surface area contributed by atoms with Crippen LogP contribution >= 0.6 is 0 Å². The molecule has 1 aromatic rings. The fourth-order valence-electron chi connectivity index (χ4n) is 1.54. The minimum absolute atomic E-state index is 0.0408. The molecule has 0 atom stereocenters. The maximum Gasteiger partial charge on any atom is 0.170 e. The van der Waals surface area contributed by atoms with Crippen molar-refractivity contribution in [2.45, 2.75) is 13.8 Å². The largest absolute Gasteiger partial charge is 0.490 e. The molecule has 0 bridgehead atoms. The third-order valence-corrected chi connectivity index (χ3v) is 4.41. The van der Waals surface area contributed by atoms with Crippen molar-refractivity contribution in [3.05, 3.63) is 23.8 Å². The Balaban J connectivity index is 2.86. The summed E-state index contributed by atoms with van der Waals surface area (Å²) in [4.78, 5) is 0. The molecule has 0 saturated heterocycles. The van der Waals surface area contributed by atoms with E-state index in [1.54, 1.807) is 25.1 Å². The predicted octanol–water partition coefficient (Wildman–Crippen LogP) is 0.993. The Morgan fingerprint density at radius 2 is 2.00 bits per heavy atom. The minimum Gasteiger partial charge on any atom is -0.490 e. The summed E-state index contributed by atoms with van der Waals surface area (Å²) in [5.74, 6) is 0.804. The number of amidine groups is 1. The lowest BCUT2D eigenvalue weighted by molar-refractivity contribution is 0.288. The first kappa shape index (κ1) is 17.1. The van der Waals surface area contributed by atoms with Gasteiger partial charge in [-0.25, -0.2) is 8.42 Å². The fraction of sp³-hybridized carbons (Fsp3) is 0.462. The molecule has 0 radical (unpaired) electrons. The third kappa shape index (κ3) is 5.14. The standard InChI is InChI=1S/C13H20N2O5S/c1-3-19-12-9-10(13(14)15-16)5-6-11(12)20-7-8-21(17,18)4-2/h5-6,9,16H,3-4,7-8H2,1-2H3,(H2,14,15). The first-order valence-electron chi connectivity index (χ1n) is 6.51. The van der Waals surface area contributed by atoms with Gasteiger partial charge in [0.2, 0.25) is 0 Å². The molecule has 0 heterocycles. The number of oxime groups is 1. The molecule has 3 N–H and O–H groups in total. The summed E-state index contributed by atoms with van der Waals surface area (Å²) < 4.78 is 33.7. The fourth-order valence-corrected chi connectivity index (χ4v) is 2.16. The molecule has 8 heteroatoms. The van der Waals surface area contributed by atoms with Crippen LogP contribution in [-0.2, 0) is 9.84 Å². The van der Waals surface area contributed by atoms with Crippen molar-refractivity contribution >= 4 is 15.7 Å². The molecule has 0 aliphatic carbocycles. The molecule has 0 aliphatic rings. The number of rotatable bonds is 8. The number of nitrogens with two attached hydrogens (primary N) is 1. The number of hydrogen-bond donors (Lipinski definition) is 2. The van der Waals surface area contributed by atoms with Crippen molar-refractivity contribution in [2.24, 2.45) is 10.9 Å². The van der Waals surface area contributed by atoms with Crippen LogP contribution < -0.4 is 15.2 Å². The Hall–Kier alpha value is -1.96. The van der Waals surface area contributed by atoms with Crippen molar-refractivity contribution in [3.8, 4) is 11.5 Å². The smallest absolute Gasteiger partial charge is 0.170 e. The Bertz CT molecular complexity index is 599. The lowest BCUT2D eigenvalue weighted by Gasteiger charge is -2.13. The Labute approximate surface area is 124 Å². The predicted molar refractivity (Wildman–Crippen MR) is 79.9 cm³/mol. The molecule has 1 aromatic carbocycles. The molecule has 0 aromatic heterocycles. The quantitative estimate of drug-likeness (QED) is 0.320. The summed E-state index contributed by atoms with van der Waals surface area (Å²) in [6.45, 7) is 3.84. The van der Waals surface area contributed by atoms with Gasteiger partial charge in [0.05, 0.1) is 12.4 Å². The molecule has 0 amide bonds. The third-order valence-electron chi connectivity index (χ3n) is 2.74. The normalized spacial score (nSPS) is 12.2. The zero-order chi connectivity index (χ0) is 15.9. The van der Waals surface area contributed by atoms with Gasteiger partial charge < -0.3 is 20.4 Å². The van der Waals surface area contributed by atoms with E-state index in [4.69, 9.17) is 20.4 Å². The summed E-state index contributed by atoms with van der Waals surface area (Å²) in [6.07, 6.45) is 0. The highest BCUT2D eigenvalue weighted by atomic mass is 32.2. The maximum atomic E-state index is 11.4. The molecular formula is C13H20N2O5S. The van der Waals surface area contributed by atoms with Crippen LogP contribution in [0.5, 0.6) is 11.5 Å². The minimum atomic E-state index is -3.08. The van der Waals surface area contributed by atoms with Crippen LogP contribution in [0.2, 0.25) is 0 Å². The maximum absolute atomic E-state index is 11.4. The van der Waals surface area contributed by atoms with Crippen molar-refractivity contribution in [2.75, 3.05) is 24.7 Å². The van der Waals surface area contributed by atoms with E-state index in [-0.39, 0.29) is 23.9 Å². The second-order valence-electron chi connectivity index (χ2n) is 4.16. The molecule has 0 fully saturated rings. The molecule has 0 spiro atoms. The van der Waals surface area contributed by atoms with Crippen LogP contribution in [0, 0.1) is 0 Å².